The van der Waals surface area contributed by atoms with E-state index in [0.29, 0.717) is 5.03 Å². The first-order valence-corrected chi connectivity index (χ1v) is 10.5. The zero-order chi connectivity index (χ0) is 19.2. The number of imide groups is 1. The van der Waals surface area contributed by atoms with Crippen molar-refractivity contribution in [2.75, 3.05) is 5.75 Å². The fourth-order valence-electron chi connectivity index (χ4n) is 2.80. The van der Waals surface area contributed by atoms with Crippen molar-refractivity contribution >= 4 is 51.2 Å². The molecule has 2 aromatic rings. The number of hydrogen-bond acceptors (Lipinski definition) is 8. The molecule has 0 unspecified atom stereocenters. The standard InChI is InChI=1S/C17H20N4O4S2/c1-10(14(23)21-17(24)20-11-4-2-3-5-11)25-13(22)8-27-16-12-6-7-26-15(12)18-9-19-16/h6-7,9-11H,2-5,8H2,1H3,(H2,20,21,23,24)/t10-/m1/s1. The fraction of sp³-hybridized carbons (Fsp3) is 0.471. The van der Waals surface area contributed by atoms with Crippen LogP contribution in [0.15, 0.2) is 22.8 Å². The average molecular weight is 409 g/mol. The Morgan fingerprint density at radius 2 is 2.11 bits per heavy atom. The van der Waals surface area contributed by atoms with Crippen LogP contribution in [0.5, 0.6) is 0 Å². The van der Waals surface area contributed by atoms with Crippen molar-refractivity contribution in [2.24, 2.45) is 0 Å². The van der Waals surface area contributed by atoms with Gasteiger partial charge in [-0.15, -0.1) is 11.3 Å². The maximum atomic E-state index is 12.0. The van der Waals surface area contributed by atoms with Crippen LogP contribution in [0, 0.1) is 0 Å². The van der Waals surface area contributed by atoms with Crippen LogP contribution >= 0.6 is 23.1 Å². The van der Waals surface area contributed by atoms with Gasteiger partial charge in [-0.1, -0.05) is 24.6 Å². The third kappa shape index (κ3) is 5.39. The Morgan fingerprint density at radius 1 is 1.33 bits per heavy atom. The lowest BCUT2D eigenvalue weighted by atomic mass is 10.2. The van der Waals surface area contributed by atoms with Gasteiger partial charge in [0.2, 0.25) is 0 Å². The van der Waals surface area contributed by atoms with Crippen LogP contribution in [0.4, 0.5) is 4.79 Å². The number of amides is 3. The molecular weight excluding hydrogens is 388 g/mol. The van der Waals surface area contributed by atoms with Crippen molar-refractivity contribution in [3.63, 3.8) is 0 Å². The lowest BCUT2D eigenvalue weighted by Crippen LogP contribution is -2.47. The van der Waals surface area contributed by atoms with Gasteiger partial charge in [-0.3, -0.25) is 14.9 Å². The minimum Gasteiger partial charge on any atom is -0.452 e. The van der Waals surface area contributed by atoms with Crippen molar-refractivity contribution in [3.05, 3.63) is 17.8 Å². The normalized spacial score (nSPS) is 15.4. The van der Waals surface area contributed by atoms with E-state index >= 15 is 0 Å². The van der Waals surface area contributed by atoms with Crippen molar-refractivity contribution in [1.82, 2.24) is 20.6 Å². The summed E-state index contributed by atoms with van der Waals surface area (Å²) in [5, 5.41) is 8.44. The Labute approximate surface area is 164 Å². The molecular formula is C17H20N4O4S2. The largest absolute Gasteiger partial charge is 0.452 e. The number of nitrogens with zero attached hydrogens (tertiary/aromatic N) is 2. The molecule has 0 bridgehead atoms. The molecule has 27 heavy (non-hydrogen) atoms. The van der Waals surface area contributed by atoms with E-state index in [1.165, 1.54) is 36.3 Å². The summed E-state index contributed by atoms with van der Waals surface area (Å²) in [5.74, 6) is -1.19. The van der Waals surface area contributed by atoms with Gasteiger partial charge in [-0.2, -0.15) is 0 Å². The van der Waals surface area contributed by atoms with Gasteiger partial charge < -0.3 is 10.1 Å². The van der Waals surface area contributed by atoms with Crippen molar-refractivity contribution < 1.29 is 19.1 Å². The van der Waals surface area contributed by atoms with E-state index in [4.69, 9.17) is 4.74 Å². The molecule has 0 saturated heterocycles. The molecule has 1 aliphatic carbocycles. The first-order valence-electron chi connectivity index (χ1n) is 8.65. The summed E-state index contributed by atoms with van der Waals surface area (Å²) < 4.78 is 5.11. The number of rotatable bonds is 6. The number of aromatic nitrogens is 2. The van der Waals surface area contributed by atoms with Gasteiger partial charge in [0.25, 0.3) is 5.91 Å². The number of ether oxygens (including phenoxy) is 1. The van der Waals surface area contributed by atoms with Crippen molar-refractivity contribution in [2.45, 2.75) is 49.8 Å². The SMILES string of the molecule is C[C@@H](OC(=O)CSc1ncnc2sccc12)C(=O)NC(=O)NC1CCCC1. The molecule has 2 N–H and O–H groups in total. The van der Waals surface area contributed by atoms with E-state index in [0.717, 1.165) is 35.9 Å². The Kier molecular flexibility index (Phi) is 6.62. The topological polar surface area (TPSA) is 110 Å². The van der Waals surface area contributed by atoms with Crippen molar-refractivity contribution in [1.29, 1.82) is 0 Å². The molecule has 8 nitrogen and oxygen atoms in total. The number of urea groups is 1. The van der Waals surface area contributed by atoms with Crippen LogP contribution in [-0.4, -0.2) is 45.8 Å². The molecule has 1 aliphatic rings. The predicted molar refractivity (Wildman–Crippen MR) is 103 cm³/mol. The molecule has 3 amide bonds. The summed E-state index contributed by atoms with van der Waals surface area (Å²) in [4.78, 5) is 45.0. The van der Waals surface area contributed by atoms with E-state index in [2.05, 4.69) is 20.6 Å². The molecule has 0 aromatic carbocycles. The molecule has 2 aromatic heterocycles. The highest BCUT2D eigenvalue weighted by atomic mass is 32.2. The second kappa shape index (κ2) is 9.14. The number of hydrogen-bond donors (Lipinski definition) is 2. The molecule has 1 fully saturated rings. The number of fused-ring (bicyclic) bond motifs is 1. The summed E-state index contributed by atoms with van der Waals surface area (Å²) in [6.45, 7) is 1.43. The van der Waals surface area contributed by atoms with Gasteiger partial charge in [0.1, 0.15) is 16.2 Å². The number of thiophene rings is 1. The molecule has 1 saturated carbocycles. The number of carbonyl (C=O) groups excluding carboxylic acids is 3. The van der Waals surface area contributed by atoms with Gasteiger partial charge >= 0.3 is 12.0 Å². The van der Waals surface area contributed by atoms with Gasteiger partial charge in [0.15, 0.2) is 6.10 Å². The summed E-state index contributed by atoms with van der Waals surface area (Å²) in [6.07, 6.45) is 4.39. The Hall–Kier alpha value is -2.20. The van der Waals surface area contributed by atoms with Crippen LogP contribution in [0.25, 0.3) is 10.2 Å². The van der Waals surface area contributed by atoms with E-state index in [9.17, 15) is 14.4 Å². The van der Waals surface area contributed by atoms with Gasteiger partial charge in [0, 0.05) is 11.4 Å². The maximum Gasteiger partial charge on any atom is 0.321 e. The minimum absolute atomic E-state index is 0.00779. The molecule has 1 atom stereocenters. The summed E-state index contributed by atoms with van der Waals surface area (Å²) in [6, 6.07) is 1.45. The van der Waals surface area contributed by atoms with E-state index in [1.54, 1.807) is 0 Å². The molecule has 0 spiro atoms. The Bertz CT molecular complexity index is 835. The van der Waals surface area contributed by atoms with Crippen LogP contribution < -0.4 is 10.6 Å². The molecule has 3 rings (SSSR count). The lowest BCUT2D eigenvalue weighted by Gasteiger charge is -2.15. The summed E-state index contributed by atoms with van der Waals surface area (Å²) >= 11 is 2.72. The quantitative estimate of drug-likeness (QED) is 0.429. The van der Waals surface area contributed by atoms with E-state index in [1.807, 2.05) is 11.4 Å². The van der Waals surface area contributed by atoms with Gasteiger partial charge in [0.05, 0.1) is 5.75 Å². The highest BCUT2D eigenvalue weighted by Crippen LogP contribution is 2.27. The predicted octanol–water partition coefficient (Wildman–Crippen LogP) is 2.48. The smallest absolute Gasteiger partial charge is 0.321 e. The molecule has 2 heterocycles. The van der Waals surface area contributed by atoms with Crippen LogP contribution in [-0.2, 0) is 14.3 Å². The highest BCUT2D eigenvalue weighted by molar-refractivity contribution is 8.00. The van der Waals surface area contributed by atoms with Gasteiger partial charge in [-0.25, -0.2) is 14.8 Å². The van der Waals surface area contributed by atoms with Crippen LogP contribution in [0.3, 0.4) is 0 Å². The number of carbonyl (C=O) groups is 3. The number of thioether (sulfide) groups is 1. The van der Waals surface area contributed by atoms with E-state index < -0.39 is 24.0 Å². The maximum absolute atomic E-state index is 12.0. The zero-order valence-electron chi connectivity index (χ0n) is 14.8. The Balaban J connectivity index is 1.43. The first kappa shape index (κ1) is 19.6. The third-order valence-corrected chi connectivity index (χ3v) is 5.96. The highest BCUT2D eigenvalue weighted by Gasteiger charge is 2.22. The molecule has 10 heteroatoms. The monoisotopic (exact) mass is 408 g/mol. The van der Waals surface area contributed by atoms with E-state index in [-0.39, 0.29) is 11.8 Å². The Morgan fingerprint density at radius 3 is 2.89 bits per heavy atom. The summed E-state index contributed by atoms with van der Waals surface area (Å²) in [7, 11) is 0. The second-order valence-corrected chi connectivity index (χ2v) is 8.04. The van der Waals surface area contributed by atoms with Crippen LogP contribution in [0.2, 0.25) is 0 Å². The number of esters is 1. The first-order chi connectivity index (χ1) is 13.0. The average Bonchev–Trinajstić information content (AvgIpc) is 3.31. The number of nitrogens with one attached hydrogen (secondary N) is 2. The summed E-state index contributed by atoms with van der Waals surface area (Å²) in [5.41, 5.74) is 0. The fourth-order valence-corrected chi connectivity index (χ4v) is 4.36. The lowest BCUT2D eigenvalue weighted by molar-refractivity contribution is -0.151. The van der Waals surface area contributed by atoms with Crippen LogP contribution in [0.1, 0.15) is 32.6 Å². The minimum atomic E-state index is -1.06. The molecule has 0 radical (unpaired) electrons. The van der Waals surface area contributed by atoms with Crippen molar-refractivity contribution in [3.8, 4) is 0 Å². The zero-order valence-corrected chi connectivity index (χ0v) is 16.4. The second-order valence-electron chi connectivity index (χ2n) is 6.18. The molecule has 0 aliphatic heterocycles. The third-order valence-electron chi connectivity index (χ3n) is 4.16. The van der Waals surface area contributed by atoms with Gasteiger partial charge in [-0.05, 0) is 31.2 Å². The molecule has 144 valence electrons.